The minimum atomic E-state index is -0.949. The Kier molecular flexibility index (Phi) is 5.04. The molecule has 24 heavy (non-hydrogen) atoms. The predicted molar refractivity (Wildman–Crippen MR) is 88.5 cm³/mol. The topological polar surface area (TPSA) is 116 Å². The molecule has 0 atom stereocenters. The average Bonchev–Trinajstić information content (AvgIpc) is 3.10. The molecule has 8 heteroatoms. The van der Waals surface area contributed by atoms with E-state index < -0.39 is 11.4 Å². The number of hydrogen-bond acceptors (Lipinski definition) is 6. The molecule has 0 saturated heterocycles. The van der Waals surface area contributed by atoms with Crippen molar-refractivity contribution in [2.45, 2.75) is 33.6 Å². The van der Waals surface area contributed by atoms with Crippen molar-refractivity contribution < 1.29 is 19.1 Å². The zero-order valence-corrected chi connectivity index (χ0v) is 14.4. The highest BCUT2D eigenvalue weighted by Gasteiger charge is 2.29. The lowest BCUT2D eigenvalue weighted by Crippen LogP contribution is -2.31. The third-order valence-electron chi connectivity index (χ3n) is 3.64. The Morgan fingerprint density at radius 1 is 1.46 bits per heavy atom. The number of rotatable bonds is 6. The lowest BCUT2D eigenvalue weighted by Gasteiger charge is -2.21. The van der Waals surface area contributed by atoms with Crippen LogP contribution in [-0.4, -0.2) is 22.0 Å². The van der Waals surface area contributed by atoms with Crippen LogP contribution in [0.3, 0.4) is 0 Å². The Labute approximate surface area is 142 Å². The van der Waals surface area contributed by atoms with Gasteiger partial charge in [-0.2, -0.15) is 5.26 Å². The second kappa shape index (κ2) is 6.84. The van der Waals surface area contributed by atoms with Crippen molar-refractivity contribution in [3.8, 4) is 17.3 Å². The highest BCUT2D eigenvalue weighted by molar-refractivity contribution is 7.16. The van der Waals surface area contributed by atoms with Crippen LogP contribution in [0.5, 0.6) is 0 Å². The van der Waals surface area contributed by atoms with E-state index in [9.17, 15) is 14.9 Å². The zero-order valence-electron chi connectivity index (χ0n) is 13.5. The molecule has 0 aliphatic rings. The van der Waals surface area contributed by atoms with Gasteiger partial charge in [0.15, 0.2) is 5.13 Å². The van der Waals surface area contributed by atoms with Gasteiger partial charge in [0, 0.05) is 17.4 Å². The maximum Gasteiger partial charge on any atom is 0.303 e. The van der Waals surface area contributed by atoms with Gasteiger partial charge >= 0.3 is 5.97 Å². The van der Waals surface area contributed by atoms with Crippen molar-refractivity contribution in [2.75, 3.05) is 5.32 Å². The zero-order chi connectivity index (χ0) is 17.9. The number of nitrogens with one attached hydrogen (secondary N) is 1. The molecular formula is C16H17N3O4S. The Hall–Kier alpha value is -2.66. The summed E-state index contributed by atoms with van der Waals surface area (Å²) in [5, 5.41) is 21.0. The number of carbonyl (C=O) groups excluding carboxylic acids is 1. The number of furan rings is 1. The summed E-state index contributed by atoms with van der Waals surface area (Å²) in [4.78, 5) is 27.8. The summed E-state index contributed by atoms with van der Waals surface area (Å²) >= 11 is 1.07. The highest BCUT2D eigenvalue weighted by Crippen LogP contribution is 2.34. The minimum Gasteiger partial charge on any atom is -0.481 e. The molecule has 7 nitrogen and oxygen atoms in total. The fourth-order valence-corrected chi connectivity index (χ4v) is 2.81. The second-order valence-corrected chi connectivity index (χ2v) is 7.01. The SMILES string of the molecule is Cc1cocc1-c1nc(NC(=O)C(C)(C)CCC(=O)O)sc1C#N. The van der Waals surface area contributed by atoms with Gasteiger partial charge in [-0.15, -0.1) is 0 Å². The molecule has 2 aromatic rings. The van der Waals surface area contributed by atoms with E-state index >= 15 is 0 Å². The van der Waals surface area contributed by atoms with Crippen molar-refractivity contribution >= 4 is 28.3 Å². The van der Waals surface area contributed by atoms with Crippen molar-refractivity contribution in [3.63, 3.8) is 0 Å². The number of aromatic nitrogens is 1. The fourth-order valence-electron chi connectivity index (χ4n) is 2.03. The molecule has 0 spiro atoms. The summed E-state index contributed by atoms with van der Waals surface area (Å²) < 4.78 is 5.11. The number of nitrogens with zero attached hydrogens (tertiary/aromatic N) is 2. The first kappa shape index (κ1) is 17.7. The highest BCUT2D eigenvalue weighted by atomic mass is 32.1. The van der Waals surface area contributed by atoms with E-state index in [1.165, 1.54) is 6.26 Å². The molecule has 0 aromatic carbocycles. The maximum atomic E-state index is 12.4. The average molecular weight is 347 g/mol. The molecule has 2 heterocycles. The molecule has 0 unspecified atom stereocenters. The van der Waals surface area contributed by atoms with Crippen molar-refractivity contribution in [3.05, 3.63) is 23.0 Å². The number of carbonyl (C=O) groups is 2. The Morgan fingerprint density at radius 2 is 2.17 bits per heavy atom. The molecule has 0 saturated carbocycles. The fraction of sp³-hybridized carbons (Fsp3) is 0.375. The first-order valence-electron chi connectivity index (χ1n) is 7.22. The number of thiazole rings is 1. The Balaban J connectivity index is 2.21. The van der Waals surface area contributed by atoms with Crippen LogP contribution in [0, 0.1) is 23.7 Å². The quantitative estimate of drug-likeness (QED) is 0.827. The van der Waals surface area contributed by atoms with Gasteiger partial charge < -0.3 is 14.8 Å². The number of nitriles is 1. The molecule has 0 fully saturated rings. The van der Waals surface area contributed by atoms with Crippen LogP contribution in [0.2, 0.25) is 0 Å². The summed E-state index contributed by atoms with van der Waals surface area (Å²) in [6, 6.07) is 2.07. The first-order valence-corrected chi connectivity index (χ1v) is 8.03. The van der Waals surface area contributed by atoms with E-state index in [4.69, 9.17) is 9.52 Å². The normalized spacial score (nSPS) is 11.1. The van der Waals surface area contributed by atoms with E-state index in [-0.39, 0.29) is 18.7 Å². The van der Waals surface area contributed by atoms with Crippen LogP contribution in [0.1, 0.15) is 37.1 Å². The smallest absolute Gasteiger partial charge is 0.303 e. The number of hydrogen-bond donors (Lipinski definition) is 2. The van der Waals surface area contributed by atoms with Gasteiger partial charge in [0.05, 0.1) is 12.5 Å². The van der Waals surface area contributed by atoms with Crippen molar-refractivity contribution in [1.29, 1.82) is 5.26 Å². The standard InChI is InChI=1S/C16H17N3O4S/c1-9-7-23-8-10(9)13-11(6-17)24-15(18-13)19-14(22)16(2,3)5-4-12(20)21/h7-8H,4-5H2,1-3H3,(H,20,21)(H,18,19,22). The van der Waals surface area contributed by atoms with E-state index in [0.717, 1.165) is 16.9 Å². The molecule has 2 N–H and O–H groups in total. The van der Waals surface area contributed by atoms with Gasteiger partial charge in [-0.25, -0.2) is 4.98 Å². The van der Waals surface area contributed by atoms with E-state index in [1.54, 1.807) is 20.1 Å². The third kappa shape index (κ3) is 3.81. The largest absolute Gasteiger partial charge is 0.481 e. The summed E-state index contributed by atoms with van der Waals surface area (Å²) in [5.74, 6) is -1.29. The lowest BCUT2D eigenvalue weighted by atomic mass is 9.87. The van der Waals surface area contributed by atoms with Gasteiger partial charge in [0.2, 0.25) is 5.91 Å². The van der Waals surface area contributed by atoms with E-state index in [0.29, 0.717) is 21.3 Å². The third-order valence-corrected chi connectivity index (χ3v) is 4.51. The molecule has 0 bridgehead atoms. The summed E-state index contributed by atoms with van der Waals surface area (Å²) in [6.45, 7) is 5.18. The summed E-state index contributed by atoms with van der Waals surface area (Å²) in [6.07, 6.45) is 3.18. The van der Waals surface area contributed by atoms with E-state index in [1.807, 2.05) is 6.92 Å². The van der Waals surface area contributed by atoms with Crippen molar-refractivity contribution in [2.24, 2.45) is 5.41 Å². The van der Waals surface area contributed by atoms with Gasteiger partial charge in [-0.3, -0.25) is 9.59 Å². The number of aryl methyl sites for hydroxylation is 1. The monoisotopic (exact) mass is 347 g/mol. The van der Waals surface area contributed by atoms with Crippen LogP contribution in [0.25, 0.3) is 11.3 Å². The Bertz CT molecular complexity index is 814. The molecule has 126 valence electrons. The van der Waals surface area contributed by atoms with Gasteiger partial charge in [0.1, 0.15) is 16.6 Å². The molecule has 0 aliphatic heterocycles. The summed E-state index contributed by atoms with van der Waals surface area (Å²) in [7, 11) is 0. The van der Waals surface area contributed by atoms with Gasteiger partial charge in [0.25, 0.3) is 0 Å². The number of anilines is 1. The predicted octanol–water partition coefficient (Wildman–Crippen LogP) is 3.41. The van der Waals surface area contributed by atoms with Crippen molar-refractivity contribution in [1.82, 2.24) is 4.98 Å². The number of carboxylic acid groups (broad SMARTS) is 1. The molecule has 0 aliphatic carbocycles. The van der Waals surface area contributed by atoms with Crippen LogP contribution < -0.4 is 5.32 Å². The number of aliphatic carboxylic acids is 1. The van der Waals surface area contributed by atoms with Crippen LogP contribution in [-0.2, 0) is 9.59 Å². The van der Waals surface area contributed by atoms with Gasteiger partial charge in [-0.05, 0) is 18.9 Å². The summed E-state index contributed by atoms with van der Waals surface area (Å²) in [5.41, 5.74) is 1.15. The molecule has 0 radical (unpaired) electrons. The second-order valence-electron chi connectivity index (χ2n) is 6.01. The van der Waals surface area contributed by atoms with Gasteiger partial charge in [-0.1, -0.05) is 25.2 Å². The van der Waals surface area contributed by atoms with Crippen LogP contribution in [0.4, 0.5) is 5.13 Å². The van der Waals surface area contributed by atoms with Crippen LogP contribution >= 0.6 is 11.3 Å². The van der Waals surface area contributed by atoms with Crippen LogP contribution in [0.15, 0.2) is 16.9 Å². The number of carboxylic acids is 1. The first-order chi connectivity index (χ1) is 11.2. The number of amides is 1. The minimum absolute atomic E-state index is 0.0960. The Morgan fingerprint density at radius 3 is 2.71 bits per heavy atom. The maximum absolute atomic E-state index is 12.4. The van der Waals surface area contributed by atoms with E-state index in [2.05, 4.69) is 16.4 Å². The molecule has 1 amide bonds. The lowest BCUT2D eigenvalue weighted by molar-refractivity contribution is -0.138. The molecule has 2 aromatic heterocycles. The molecular weight excluding hydrogens is 330 g/mol. The molecule has 2 rings (SSSR count).